The fourth-order valence-corrected chi connectivity index (χ4v) is 1.79. The molecule has 0 amide bonds. The maximum absolute atomic E-state index is 9.25. The average Bonchev–Trinajstić information content (AvgIpc) is 2.02. The van der Waals surface area contributed by atoms with Crippen LogP contribution in [-0.2, 0) is 4.74 Å². The van der Waals surface area contributed by atoms with E-state index in [1.165, 1.54) is 0 Å². The van der Waals surface area contributed by atoms with Gasteiger partial charge in [0.25, 0.3) is 0 Å². The average molecular weight is 189 g/mol. The lowest BCUT2D eigenvalue weighted by molar-refractivity contribution is -0.0793. The van der Waals surface area contributed by atoms with Gasteiger partial charge in [0.05, 0.1) is 24.9 Å². The molecular weight excluding hydrogens is 170 g/mol. The summed E-state index contributed by atoms with van der Waals surface area (Å²) >= 11 is 0. The van der Waals surface area contributed by atoms with Crippen molar-refractivity contribution in [2.24, 2.45) is 0 Å². The Hall–Kier alpha value is -0.160. The predicted molar refractivity (Wildman–Crippen MR) is 49.5 cm³/mol. The number of hydrogen-bond acceptors (Lipinski definition) is 4. The van der Waals surface area contributed by atoms with Crippen molar-refractivity contribution in [3.05, 3.63) is 0 Å². The van der Waals surface area contributed by atoms with E-state index in [4.69, 9.17) is 9.84 Å². The summed E-state index contributed by atoms with van der Waals surface area (Å²) in [5.74, 6) is 0. The Morgan fingerprint density at radius 3 is 2.38 bits per heavy atom. The molecule has 1 fully saturated rings. The van der Waals surface area contributed by atoms with Gasteiger partial charge in [0.2, 0.25) is 0 Å². The molecule has 1 heterocycles. The molecule has 0 spiro atoms. The highest BCUT2D eigenvalue weighted by atomic mass is 16.5. The summed E-state index contributed by atoms with van der Waals surface area (Å²) in [7, 11) is 0. The van der Waals surface area contributed by atoms with Gasteiger partial charge in [-0.3, -0.25) is 4.90 Å². The van der Waals surface area contributed by atoms with E-state index in [0.717, 1.165) is 13.1 Å². The molecule has 4 heteroatoms. The Labute approximate surface area is 79.1 Å². The number of hydrogen-bond donors (Lipinski definition) is 2. The van der Waals surface area contributed by atoms with Gasteiger partial charge < -0.3 is 14.9 Å². The number of nitrogens with zero attached hydrogens (tertiary/aromatic N) is 1. The van der Waals surface area contributed by atoms with Gasteiger partial charge in [0.1, 0.15) is 0 Å². The number of rotatable bonds is 3. The van der Waals surface area contributed by atoms with E-state index in [1.54, 1.807) is 0 Å². The second-order valence-corrected chi connectivity index (χ2v) is 3.81. The van der Waals surface area contributed by atoms with Crippen molar-refractivity contribution in [2.75, 3.05) is 26.2 Å². The Morgan fingerprint density at radius 1 is 1.38 bits per heavy atom. The molecular formula is C9H19NO3. The van der Waals surface area contributed by atoms with Gasteiger partial charge in [-0.1, -0.05) is 0 Å². The molecule has 13 heavy (non-hydrogen) atoms. The van der Waals surface area contributed by atoms with Crippen molar-refractivity contribution in [3.8, 4) is 0 Å². The standard InChI is InChI=1S/C9H19NO3/c1-7-3-10(4-8(2)13-7)5-9(12)6-11/h7-9,11-12H,3-6H2,1-2H3/t7-,8+,9?. The molecule has 0 aromatic carbocycles. The highest BCUT2D eigenvalue weighted by Crippen LogP contribution is 2.10. The highest BCUT2D eigenvalue weighted by molar-refractivity contribution is 4.74. The molecule has 2 N–H and O–H groups in total. The largest absolute Gasteiger partial charge is 0.394 e. The van der Waals surface area contributed by atoms with Crippen LogP contribution in [0, 0.1) is 0 Å². The van der Waals surface area contributed by atoms with E-state index in [1.807, 2.05) is 13.8 Å². The Bertz CT molecular complexity index is 144. The summed E-state index contributed by atoms with van der Waals surface area (Å²) < 4.78 is 5.55. The third-order valence-electron chi connectivity index (χ3n) is 2.17. The summed E-state index contributed by atoms with van der Waals surface area (Å²) in [5, 5.41) is 17.9. The number of morpholine rings is 1. The summed E-state index contributed by atoms with van der Waals surface area (Å²) in [6.45, 7) is 6.08. The third-order valence-corrected chi connectivity index (χ3v) is 2.17. The van der Waals surface area contributed by atoms with Gasteiger partial charge in [0, 0.05) is 19.6 Å². The molecule has 0 aliphatic carbocycles. The maximum atomic E-state index is 9.25. The molecule has 0 aromatic rings. The van der Waals surface area contributed by atoms with E-state index in [-0.39, 0.29) is 18.8 Å². The van der Waals surface area contributed by atoms with Gasteiger partial charge in [-0.25, -0.2) is 0 Å². The molecule has 1 rings (SSSR count). The molecule has 0 bridgehead atoms. The van der Waals surface area contributed by atoms with E-state index in [0.29, 0.717) is 6.54 Å². The SMILES string of the molecule is C[C@@H]1CN(CC(O)CO)C[C@H](C)O1. The Balaban J connectivity index is 2.32. The van der Waals surface area contributed by atoms with Crippen LogP contribution in [0.4, 0.5) is 0 Å². The van der Waals surface area contributed by atoms with Crippen LogP contribution in [0.25, 0.3) is 0 Å². The fraction of sp³-hybridized carbons (Fsp3) is 1.00. The topological polar surface area (TPSA) is 52.9 Å². The maximum Gasteiger partial charge on any atom is 0.0897 e. The van der Waals surface area contributed by atoms with E-state index in [2.05, 4.69) is 4.90 Å². The number of aliphatic hydroxyl groups excluding tert-OH is 2. The van der Waals surface area contributed by atoms with Crippen LogP contribution in [0.3, 0.4) is 0 Å². The van der Waals surface area contributed by atoms with Crippen LogP contribution >= 0.6 is 0 Å². The second kappa shape index (κ2) is 4.91. The molecule has 0 aromatic heterocycles. The normalized spacial score (nSPS) is 33.2. The zero-order chi connectivity index (χ0) is 9.84. The quantitative estimate of drug-likeness (QED) is 0.625. The molecule has 3 atom stereocenters. The summed E-state index contributed by atoms with van der Waals surface area (Å²) in [5.41, 5.74) is 0. The highest BCUT2D eigenvalue weighted by Gasteiger charge is 2.23. The van der Waals surface area contributed by atoms with Gasteiger partial charge >= 0.3 is 0 Å². The zero-order valence-electron chi connectivity index (χ0n) is 8.31. The van der Waals surface area contributed by atoms with Crippen molar-refractivity contribution in [1.82, 2.24) is 4.90 Å². The first-order valence-electron chi connectivity index (χ1n) is 4.78. The molecule has 1 saturated heterocycles. The minimum Gasteiger partial charge on any atom is -0.394 e. The van der Waals surface area contributed by atoms with Crippen molar-refractivity contribution in [3.63, 3.8) is 0 Å². The van der Waals surface area contributed by atoms with Crippen molar-refractivity contribution in [2.45, 2.75) is 32.2 Å². The molecule has 1 aliphatic rings. The first-order chi connectivity index (χ1) is 6.11. The molecule has 1 aliphatic heterocycles. The Morgan fingerprint density at radius 2 is 1.92 bits per heavy atom. The summed E-state index contributed by atoms with van der Waals surface area (Å²) in [4.78, 5) is 2.12. The van der Waals surface area contributed by atoms with E-state index >= 15 is 0 Å². The predicted octanol–water partition coefficient (Wildman–Crippen LogP) is -0.551. The monoisotopic (exact) mass is 189 g/mol. The molecule has 78 valence electrons. The second-order valence-electron chi connectivity index (χ2n) is 3.81. The van der Waals surface area contributed by atoms with Crippen LogP contribution in [0.5, 0.6) is 0 Å². The third kappa shape index (κ3) is 3.60. The zero-order valence-corrected chi connectivity index (χ0v) is 8.31. The van der Waals surface area contributed by atoms with Crippen LogP contribution in [-0.4, -0.2) is 59.7 Å². The van der Waals surface area contributed by atoms with Crippen LogP contribution in [0.15, 0.2) is 0 Å². The molecule has 4 nitrogen and oxygen atoms in total. The lowest BCUT2D eigenvalue weighted by Crippen LogP contribution is -2.48. The molecule has 0 radical (unpaired) electrons. The van der Waals surface area contributed by atoms with Crippen LogP contribution in [0.2, 0.25) is 0 Å². The van der Waals surface area contributed by atoms with E-state index in [9.17, 15) is 5.11 Å². The van der Waals surface area contributed by atoms with E-state index < -0.39 is 6.10 Å². The summed E-state index contributed by atoms with van der Waals surface area (Å²) in [6.07, 6.45) is -0.193. The molecule has 0 saturated carbocycles. The first-order valence-corrected chi connectivity index (χ1v) is 4.78. The van der Waals surface area contributed by atoms with Gasteiger partial charge in [0.15, 0.2) is 0 Å². The van der Waals surface area contributed by atoms with Crippen molar-refractivity contribution in [1.29, 1.82) is 0 Å². The minimum absolute atomic E-state index is 0.167. The molecule has 1 unspecified atom stereocenters. The number of ether oxygens (including phenoxy) is 1. The van der Waals surface area contributed by atoms with Gasteiger partial charge in [-0.05, 0) is 13.8 Å². The lowest BCUT2D eigenvalue weighted by Gasteiger charge is -2.36. The lowest BCUT2D eigenvalue weighted by atomic mass is 10.2. The van der Waals surface area contributed by atoms with Crippen molar-refractivity contribution >= 4 is 0 Å². The fourth-order valence-electron chi connectivity index (χ4n) is 1.79. The summed E-state index contributed by atoms with van der Waals surface area (Å²) in [6, 6.07) is 0. The minimum atomic E-state index is -0.627. The number of β-amino-alcohol motifs (C(OH)–C–C–N with tert-alkyl or cyclic N) is 1. The van der Waals surface area contributed by atoms with Crippen LogP contribution < -0.4 is 0 Å². The van der Waals surface area contributed by atoms with Gasteiger partial charge in [-0.2, -0.15) is 0 Å². The number of aliphatic hydroxyl groups is 2. The smallest absolute Gasteiger partial charge is 0.0897 e. The van der Waals surface area contributed by atoms with Gasteiger partial charge in [-0.15, -0.1) is 0 Å². The first kappa shape index (κ1) is 10.9. The Kier molecular flexibility index (Phi) is 4.12. The van der Waals surface area contributed by atoms with Crippen LogP contribution in [0.1, 0.15) is 13.8 Å². The van der Waals surface area contributed by atoms with Crippen molar-refractivity contribution < 1.29 is 14.9 Å².